The Morgan fingerprint density at radius 2 is 2.14 bits per heavy atom. The first-order valence-electron chi connectivity index (χ1n) is 11.9. The molecule has 1 fully saturated rings. The molecule has 0 spiro atoms. The van der Waals surface area contributed by atoms with Gasteiger partial charge in [-0.2, -0.15) is 4.98 Å². The SMILES string of the molecule is CNC(=O)COc1cc2cc(Nc3nc(N4CCCC(C)C4)ncc3Cl)ccc2n(CCOC)c1=O. The van der Waals surface area contributed by atoms with Gasteiger partial charge in [-0.15, -0.1) is 0 Å². The highest BCUT2D eigenvalue weighted by Crippen LogP contribution is 2.29. The van der Waals surface area contributed by atoms with Gasteiger partial charge < -0.3 is 29.6 Å². The monoisotopic (exact) mass is 514 g/mol. The first-order valence-corrected chi connectivity index (χ1v) is 12.3. The summed E-state index contributed by atoms with van der Waals surface area (Å²) in [4.78, 5) is 36.0. The van der Waals surface area contributed by atoms with Crippen molar-refractivity contribution in [1.29, 1.82) is 0 Å². The number of fused-ring (bicyclic) bond motifs is 1. The molecule has 1 aliphatic rings. The summed E-state index contributed by atoms with van der Waals surface area (Å²) in [5, 5.41) is 6.92. The van der Waals surface area contributed by atoms with Crippen LogP contribution in [-0.4, -0.2) is 60.9 Å². The molecule has 3 aromatic rings. The van der Waals surface area contributed by atoms with Crippen molar-refractivity contribution < 1.29 is 14.3 Å². The van der Waals surface area contributed by atoms with Crippen molar-refractivity contribution >= 4 is 45.9 Å². The van der Waals surface area contributed by atoms with Crippen molar-refractivity contribution in [2.75, 3.05) is 50.7 Å². The maximum atomic E-state index is 13.0. The Balaban J connectivity index is 1.66. The van der Waals surface area contributed by atoms with E-state index in [1.54, 1.807) is 23.9 Å². The Morgan fingerprint density at radius 3 is 2.89 bits per heavy atom. The number of piperidine rings is 1. The van der Waals surface area contributed by atoms with Gasteiger partial charge in [0.2, 0.25) is 5.95 Å². The molecule has 10 nitrogen and oxygen atoms in total. The van der Waals surface area contributed by atoms with Crippen LogP contribution in [0.2, 0.25) is 5.02 Å². The predicted molar refractivity (Wildman–Crippen MR) is 141 cm³/mol. The molecule has 0 saturated carbocycles. The van der Waals surface area contributed by atoms with E-state index in [2.05, 4.69) is 32.4 Å². The Hall–Kier alpha value is -3.37. The Labute approximate surface area is 214 Å². The van der Waals surface area contributed by atoms with E-state index in [0.717, 1.165) is 30.6 Å². The van der Waals surface area contributed by atoms with Gasteiger partial charge in [-0.1, -0.05) is 18.5 Å². The van der Waals surface area contributed by atoms with Gasteiger partial charge in [-0.25, -0.2) is 4.98 Å². The zero-order chi connectivity index (χ0) is 25.7. The largest absolute Gasteiger partial charge is 0.478 e. The number of methoxy groups -OCH3 is 1. The highest BCUT2D eigenvalue weighted by atomic mass is 35.5. The van der Waals surface area contributed by atoms with Crippen molar-refractivity contribution in [3.8, 4) is 5.75 Å². The Morgan fingerprint density at radius 1 is 1.31 bits per heavy atom. The number of hydrogen-bond donors (Lipinski definition) is 2. The zero-order valence-electron chi connectivity index (χ0n) is 20.7. The highest BCUT2D eigenvalue weighted by Gasteiger charge is 2.20. The first-order chi connectivity index (χ1) is 17.4. The highest BCUT2D eigenvalue weighted by molar-refractivity contribution is 6.32. The molecule has 0 bridgehead atoms. The van der Waals surface area contributed by atoms with E-state index >= 15 is 0 Å². The van der Waals surface area contributed by atoms with Crippen molar-refractivity contribution in [2.24, 2.45) is 5.92 Å². The summed E-state index contributed by atoms with van der Waals surface area (Å²) >= 11 is 6.42. The smallest absolute Gasteiger partial charge is 0.293 e. The van der Waals surface area contributed by atoms with Gasteiger partial charge in [-0.05, 0) is 43.0 Å². The second-order valence-electron chi connectivity index (χ2n) is 8.88. The molecule has 2 aromatic heterocycles. The van der Waals surface area contributed by atoms with Gasteiger partial charge in [0, 0.05) is 44.9 Å². The van der Waals surface area contributed by atoms with Crippen LogP contribution in [0.25, 0.3) is 10.9 Å². The number of pyridine rings is 1. The molecule has 11 heteroatoms. The van der Waals surface area contributed by atoms with Crippen LogP contribution in [0.4, 0.5) is 17.5 Å². The minimum Gasteiger partial charge on any atom is -0.478 e. The molecule has 1 saturated heterocycles. The van der Waals surface area contributed by atoms with E-state index in [1.807, 2.05) is 18.2 Å². The number of halogens is 1. The lowest BCUT2D eigenvalue weighted by Crippen LogP contribution is -2.35. The fourth-order valence-corrected chi connectivity index (χ4v) is 4.41. The number of nitrogens with zero attached hydrogens (tertiary/aromatic N) is 4. The average molecular weight is 515 g/mol. The van der Waals surface area contributed by atoms with Crippen LogP contribution in [0.5, 0.6) is 5.75 Å². The standard InChI is InChI=1S/C25H31ClN6O4/c1-16-5-4-8-31(14-16)25-28-13-19(26)23(30-25)29-18-6-7-20-17(11-18)12-21(36-15-22(33)27-2)24(34)32(20)9-10-35-3/h6-7,11-13,16H,4-5,8-10,14-15H2,1-3H3,(H,27,33)(H,28,29,30). The third kappa shape index (κ3) is 5.88. The molecule has 2 N–H and O–H groups in total. The van der Waals surface area contributed by atoms with Gasteiger partial charge in [-0.3, -0.25) is 9.59 Å². The van der Waals surface area contributed by atoms with E-state index in [0.29, 0.717) is 41.4 Å². The Bertz CT molecular complexity index is 1300. The second-order valence-corrected chi connectivity index (χ2v) is 9.29. The summed E-state index contributed by atoms with van der Waals surface area (Å²) in [6.07, 6.45) is 3.92. The van der Waals surface area contributed by atoms with Crippen molar-refractivity contribution in [3.05, 3.63) is 45.8 Å². The molecular formula is C25H31ClN6O4. The molecule has 1 aromatic carbocycles. The minimum absolute atomic E-state index is 0.0842. The minimum atomic E-state index is -0.330. The van der Waals surface area contributed by atoms with Gasteiger partial charge in [0.05, 0.1) is 18.3 Å². The number of hydrogen-bond acceptors (Lipinski definition) is 8. The summed E-state index contributed by atoms with van der Waals surface area (Å²) < 4.78 is 12.3. The lowest BCUT2D eigenvalue weighted by atomic mass is 10.0. The molecule has 1 atom stereocenters. The van der Waals surface area contributed by atoms with Gasteiger partial charge >= 0.3 is 0 Å². The van der Waals surface area contributed by atoms with E-state index in [1.165, 1.54) is 13.5 Å². The number of nitrogens with one attached hydrogen (secondary N) is 2. The predicted octanol–water partition coefficient (Wildman–Crippen LogP) is 3.20. The lowest BCUT2D eigenvalue weighted by Gasteiger charge is -2.31. The number of anilines is 3. The fraction of sp³-hybridized carbons (Fsp3) is 0.440. The Kier molecular flexibility index (Phi) is 8.27. The molecule has 1 unspecified atom stereocenters. The van der Waals surface area contributed by atoms with Crippen molar-refractivity contribution in [2.45, 2.75) is 26.3 Å². The van der Waals surface area contributed by atoms with Crippen LogP contribution in [0.1, 0.15) is 19.8 Å². The van der Waals surface area contributed by atoms with E-state index in [9.17, 15) is 9.59 Å². The third-order valence-electron chi connectivity index (χ3n) is 6.15. The fourth-order valence-electron chi connectivity index (χ4n) is 4.27. The van der Waals surface area contributed by atoms with Crippen LogP contribution in [0, 0.1) is 5.92 Å². The van der Waals surface area contributed by atoms with Crippen LogP contribution < -0.4 is 25.8 Å². The molecule has 4 rings (SSSR count). The first kappa shape index (κ1) is 25.7. The average Bonchev–Trinajstić information content (AvgIpc) is 2.88. The summed E-state index contributed by atoms with van der Waals surface area (Å²) in [6.45, 7) is 4.49. The summed E-state index contributed by atoms with van der Waals surface area (Å²) in [5.74, 6) is 1.49. The quantitative estimate of drug-likeness (QED) is 0.448. The molecule has 0 radical (unpaired) electrons. The normalized spacial score (nSPS) is 15.7. The number of amides is 1. The molecule has 0 aliphatic carbocycles. The van der Waals surface area contributed by atoms with Crippen LogP contribution in [-0.2, 0) is 16.1 Å². The number of carbonyl (C=O) groups excluding carboxylic acids is 1. The zero-order valence-corrected chi connectivity index (χ0v) is 21.5. The molecule has 1 amide bonds. The maximum absolute atomic E-state index is 13.0. The molecule has 3 heterocycles. The number of rotatable bonds is 9. The molecule has 192 valence electrons. The second kappa shape index (κ2) is 11.6. The lowest BCUT2D eigenvalue weighted by molar-refractivity contribution is -0.122. The molecule has 1 aliphatic heterocycles. The summed E-state index contributed by atoms with van der Waals surface area (Å²) in [7, 11) is 3.09. The molecular weight excluding hydrogens is 484 g/mol. The summed E-state index contributed by atoms with van der Waals surface area (Å²) in [6, 6.07) is 7.22. The van der Waals surface area contributed by atoms with Crippen LogP contribution in [0.15, 0.2) is 35.3 Å². The third-order valence-corrected chi connectivity index (χ3v) is 6.43. The van der Waals surface area contributed by atoms with Crippen molar-refractivity contribution in [3.63, 3.8) is 0 Å². The number of aromatic nitrogens is 3. The van der Waals surface area contributed by atoms with E-state index < -0.39 is 0 Å². The van der Waals surface area contributed by atoms with Crippen LogP contribution >= 0.6 is 11.6 Å². The molecule has 36 heavy (non-hydrogen) atoms. The summed E-state index contributed by atoms with van der Waals surface area (Å²) in [5.41, 5.74) is 1.12. The van der Waals surface area contributed by atoms with Gasteiger partial charge in [0.1, 0.15) is 5.02 Å². The number of ether oxygens (including phenoxy) is 2. The van der Waals surface area contributed by atoms with E-state index in [4.69, 9.17) is 21.1 Å². The van der Waals surface area contributed by atoms with Crippen LogP contribution in [0.3, 0.4) is 0 Å². The maximum Gasteiger partial charge on any atom is 0.293 e. The number of benzene rings is 1. The van der Waals surface area contributed by atoms with Gasteiger partial charge in [0.15, 0.2) is 18.2 Å². The van der Waals surface area contributed by atoms with Gasteiger partial charge in [0.25, 0.3) is 11.5 Å². The topological polar surface area (TPSA) is 111 Å². The number of carbonyl (C=O) groups is 1. The van der Waals surface area contributed by atoms with Crippen molar-refractivity contribution in [1.82, 2.24) is 19.9 Å². The number of likely N-dealkylation sites (N-methyl/N-ethyl adjacent to an activating group) is 1. The van der Waals surface area contributed by atoms with E-state index in [-0.39, 0.29) is 23.8 Å².